The number of carbonyl (C=O) groups excluding carboxylic acids is 1. The molecular weight excluding hydrogens is 180 g/mol. The van der Waals surface area contributed by atoms with Gasteiger partial charge < -0.3 is 10.5 Å². The molecule has 0 aromatic heterocycles. The lowest BCUT2D eigenvalue weighted by atomic mass is 10.5. The number of hydrogen-bond donors (Lipinski definition) is 1. The molecule has 0 bridgehead atoms. The fraction of sp³-hybridized carbons (Fsp3) is 0.857. The Balaban J connectivity index is 0. The van der Waals surface area contributed by atoms with Crippen molar-refractivity contribution in [3.63, 3.8) is 0 Å². The molecule has 0 aromatic rings. The molecule has 4 nitrogen and oxygen atoms in total. The van der Waals surface area contributed by atoms with Gasteiger partial charge in [0.25, 0.3) is 0 Å². The van der Waals surface area contributed by atoms with E-state index in [-0.39, 0.29) is 18.4 Å². The molecule has 0 heterocycles. The van der Waals surface area contributed by atoms with E-state index in [9.17, 15) is 4.79 Å². The minimum atomic E-state index is -0.191. The molecule has 0 atom stereocenters. The lowest BCUT2D eigenvalue weighted by Crippen LogP contribution is -2.31. The van der Waals surface area contributed by atoms with Crippen molar-refractivity contribution in [3.05, 3.63) is 0 Å². The second kappa shape index (κ2) is 8.77. The predicted octanol–water partition coefficient (Wildman–Crippen LogP) is -0.138. The van der Waals surface area contributed by atoms with Crippen molar-refractivity contribution in [1.82, 2.24) is 4.90 Å². The van der Waals surface area contributed by atoms with Crippen LogP contribution in [0.15, 0.2) is 0 Å². The van der Waals surface area contributed by atoms with E-state index < -0.39 is 0 Å². The Labute approximate surface area is 79.5 Å². The Kier molecular flexibility index (Phi) is 10.4. The zero-order chi connectivity index (χ0) is 8.69. The van der Waals surface area contributed by atoms with Crippen molar-refractivity contribution < 1.29 is 9.53 Å². The van der Waals surface area contributed by atoms with Crippen molar-refractivity contribution >= 4 is 18.4 Å². The summed E-state index contributed by atoms with van der Waals surface area (Å²) in [5.41, 5.74) is 5.29. The normalized spacial score (nSPS) is 9.33. The van der Waals surface area contributed by atoms with Crippen LogP contribution >= 0.6 is 12.4 Å². The molecule has 0 spiro atoms. The summed E-state index contributed by atoms with van der Waals surface area (Å²) in [6.45, 7) is 3.84. The van der Waals surface area contributed by atoms with E-state index in [2.05, 4.69) is 0 Å². The lowest BCUT2D eigenvalue weighted by molar-refractivity contribution is -0.144. The number of rotatable bonds is 5. The highest BCUT2D eigenvalue weighted by Crippen LogP contribution is 1.83. The first-order valence-electron chi connectivity index (χ1n) is 3.75. The number of nitrogens with zero attached hydrogens (tertiary/aromatic N) is 1. The molecule has 0 aromatic carbocycles. The van der Waals surface area contributed by atoms with Gasteiger partial charge in [-0.1, -0.05) is 0 Å². The summed E-state index contributed by atoms with van der Waals surface area (Å²) in [5.74, 6) is -0.191. The van der Waals surface area contributed by atoms with E-state index >= 15 is 0 Å². The van der Waals surface area contributed by atoms with Gasteiger partial charge in [0.15, 0.2) is 0 Å². The van der Waals surface area contributed by atoms with Gasteiger partial charge in [0, 0.05) is 13.1 Å². The Morgan fingerprint density at radius 1 is 1.58 bits per heavy atom. The molecule has 0 amide bonds. The number of esters is 1. The summed E-state index contributed by atoms with van der Waals surface area (Å²) in [5, 5.41) is 0. The SMILES string of the molecule is CCOC(=O)CN(C)CCN.Cl. The minimum absolute atomic E-state index is 0. The fourth-order valence-corrected chi connectivity index (χ4v) is 0.726. The summed E-state index contributed by atoms with van der Waals surface area (Å²) in [6, 6.07) is 0. The van der Waals surface area contributed by atoms with Gasteiger partial charge in [0.05, 0.1) is 13.2 Å². The first-order chi connectivity index (χ1) is 5.20. The largest absolute Gasteiger partial charge is 0.465 e. The number of nitrogens with two attached hydrogens (primary N) is 1. The van der Waals surface area contributed by atoms with Crippen LogP contribution in [0.1, 0.15) is 6.92 Å². The average Bonchev–Trinajstić information content (AvgIpc) is 1.87. The summed E-state index contributed by atoms with van der Waals surface area (Å²) < 4.78 is 4.74. The number of hydrogen-bond acceptors (Lipinski definition) is 4. The first kappa shape index (κ1) is 14.2. The van der Waals surface area contributed by atoms with Gasteiger partial charge in [-0.3, -0.25) is 9.69 Å². The van der Waals surface area contributed by atoms with Crippen molar-refractivity contribution in [2.45, 2.75) is 6.92 Å². The van der Waals surface area contributed by atoms with E-state index in [0.717, 1.165) is 6.54 Å². The van der Waals surface area contributed by atoms with E-state index in [0.29, 0.717) is 19.7 Å². The molecule has 0 aliphatic carbocycles. The van der Waals surface area contributed by atoms with Crippen LogP contribution in [-0.2, 0) is 9.53 Å². The maximum atomic E-state index is 10.8. The molecule has 0 unspecified atom stereocenters. The molecule has 0 aliphatic rings. The molecule has 5 heteroatoms. The van der Waals surface area contributed by atoms with Gasteiger partial charge in [-0.25, -0.2) is 0 Å². The number of carbonyl (C=O) groups is 1. The van der Waals surface area contributed by atoms with Gasteiger partial charge >= 0.3 is 5.97 Å². The van der Waals surface area contributed by atoms with E-state index in [1.807, 2.05) is 11.9 Å². The predicted molar refractivity (Wildman–Crippen MR) is 50.4 cm³/mol. The minimum Gasteiger partial charge on any atom is -0.465 e. The maximum Gasteiger partial charge on any atom is 0.320 e. The quantitative estimate of drug-likeness (QED) is 0.622. The smallest absolute Gasteiger partial charge is 0.320 e. The monoisotopic (exact) mass is 196 g/mol. The van der Waals surface area contributed by atoms with Crippen LogP contribution in [0, 0.1) is 0 Å². The van der Waals surface area contributed by atoms with Gasteiger partial charge in [0.2, 0.25) is 0 Å². The van der Waals surface area contributed by atoms with Crippen LogP contribution < -0.4 is 5.73 Å². The number of halogens is 1. The molecule has 12 heavy (non-hydrogen) atoms. The zero-order valence-corrected chi connectivity index (χ0v) is 8.39. The van der Waals surface area contributed by atoms with Crippen molar-refractivity contribution in [2.75, 3.05) is 33.3 Å². The molecule has 0 saturated carbocycles. The Hall–Kier alpha value is -0.320. The fourth-order valence-electron chi connectivity index (χ4n) is 0.726. The lowest BCUT2D eigenvalue weighted by Gasteiger charge is -2.13. The third-order valence-electron chi connectivity index (χ3n) is 1.22. The van der Waals surface area contributed by atoms with Crippen molar-refractivity contribution in [2.24, 2.45) is 5.73 Å². The Morgan fingerprint density at radius 3 is 2.58 bits per heavy atom. The van der Waals surface area contributed by atoms with Gasteiger partial charge in [0.1, 0.15) is 0 Å². The van der Waals surface area contributed by atoms with E-state index in [1.54, 1.807) is 6.92 Å². The maximum absolute atomic E-state index is 10.8. The molecular formula is C7H17ClN2O2. The van der Waals surface area contributed by atoms with Crippen LogP contribution in [-0.4, -0.2) is 44.2 Å². The van der Waals surface area contributed by atoms with E-state index in [4.69, 9.17) is 10.5 Å². The molecule has 2 N–H and O–H groups in total. The summed E-state index contributed by atoms with van der Waals surface area (Å²) in [4.78, 5) is 12.7. The van der Waals surface area contributed by atoms with Crippen molar-refractivity contribution in [3.8, 4) is 0 Å². The molecule has 0 rings (SSSR count). The van der Waals surface area contributed by atoms with Gasteiger partial charge in [-0.05, 0) is 14.0 Å². The highest BCUT2D eigenvalue weighted by atomic mass is 35.5. The van der Waals surface area contributed by atoms with Crippen LogP contribution in [0.2, 0.25) is 0 Å². The van der Waals surface area contributed by atoms with Crippen molar-refractivity contribution in [1.29, 1.82) is 0 Å². The highest BCUT2D eigenvalue weighted by Gasteiger charge is 2.04. The summed E-state index contributed by atoms with van der Waals surface area (Å²) in [6.07, 6.45) is 0. The molecule has 74 valence electrons. The molecule has 0 aliphatic heterocycles. The third kappa shape index (κ3) is 7.78. The second-order valence-electron chi connectivity index (χ2n) is 2.33. The van der Waals surface area contributed by atoms with Crippen LogP contribution in [0.25, 0.3) is 0 Å². The standard InChI is InChI=1S/C7H16N2O2.ClH/c1-3-11-7(10)6-9(2)5-4-8;/h3-6,8H2,1-2H3;1H. The van der Waals surface area contributed by atoms with Crippen LogP contribution in [0.3, 0.4) is 0 Å². The molecule has 0 radical (unpaired) electrons. The molecule has 0 fully saturated rings. The number of likely N-dealkylation sites (N-methyl/N-ethyl adjacent to an activating group) is 1. The summed E-state index contributed by atoms with van der Waals surface area (Å²) >= 11 is 0. The summed E-state index contributed by atoms with van der Waals surface area (Å²) in [7, 11) is 1.84. The Bertz CT molecular complexity index is 122. The van der Waals surface area contributed by atoms with E-state index in [1.165, 1.54) is 0 Å². The zero-order valence-electron chi connectivity index (χ0n) is 7.58. The Morgan fingerprint density at radius 2 is 2.17 bits per heavy atom. The third-order valence-corrected chi connectivity index (χ3v) is 1.22. The van der Waals surface area contributed by atoms with Crippen LogP contribution in [0.5, 0.6) is 0 Å². The van der Waals surface area contributed by atoms with Gasteiger partial charge in [-0.2, -0.15) is 0 Å². The molecule has 0 saturated heterocycles. The highest BCUT2D eigenvalue weighted by molar-refractivity contribution is 5.85. The van der Waals surface area contributed by atoms with Crippen LogP contribution in [0.4, 0.5) is 0 Å². The first-order valence-corrected chi connectivity index (χ1v) is 3.75. The second-order valence-corrected chi connectivity index (χ2v) is 2.33. The topological polar surface area (TPSA) is 55.6 Å². The number of ether oxygens (including phenoxy) is 1. The van der Waals surface area contributed by atoms with Gasteiger partial charge in [-0.15, -0.1) is 12.4 Å². The average molecular weight is 197 g/mol.